The lowest BCUT2D eigenvalue weighted by Gasteiger charge is -2.30. The highest BCUT2D eigenvalue weighted by molar-refractivity contribution is 6.30. The van der Waals surface area contributed by atoms with Gasteiger partial charge in [0, 0.05) is 40.0 Å². The van der Waals surface area contributed by atoms with E-state index in [0.29, 0.717) is 40.4 Å². The summed E-state index contributed by atoms with van der Waals surface area (Å²) in [6, 6.07) is 18.4. The van der Waals surface area contributed by atoms with Crippen LogP contribution in [0.3, 0.4) is 0 Å². The largest absolute Gasteiger partial charge is 0.507 e. The van der Waals surface area contributed by atoms with E-state index in [1.54, 1.807) is 19.1 Å². The second-order valence-electron chi connectivity index (χ2n) is 9.57. The Bertz CT molecular complexity index is 1480. The molecule has 172 valence electrons. The minimum atomic E-state index is -0.677. The van der Waals surface area contributed by atoms with E-state index in [0.717, 1.165) is 16.9 Å². The van der Waals surface area contributed by atoms with E-state index in [2.05, 4.69) is 13.8 Å². The number of fused-ring (bicyclic) bond motifs is 1. The van der Waals surface area contributed by atoms with Crippen LogP contribution >= 0.6 is 11.6 Å². The average Bonchev–Trinajstić information content (AvgIpc) is 3.08. The van der Waals surface area contributed by atoms with Crippen molar-refractivity contribution in [3.05, 3.63) is 93.1 Å². The van der Waals surface area contributed by atoms with Crippen molar-refractivity contribution in [2.75, 3.05) is 0 Å². The maximum Gasteiger partial charge on any atom is 0.347 e. The van der Waals surface area contributed by atoms with Gasteiger partial charge in [-0.3, -0.25) is 4.79 Å². The Kier molecular flexibility index (Phi) is 5.25. The third-order valence-corrected chi connectivity index (χ3v) is 6.52. The number of Topliss-reactive ketones (excluding diaryl/α,β-unsaturated/α-hetero) is 1. The molecule has 0 amide bonds. The molecule has 1 aliphatic carbocycles. The van der Waals surface area contributed by atoms with Crippen LogP contribution in [0, 0.1) is 12.3 Å². The van der Waals surface area contributed by atoms with Gasteiger partial charge in [-0.25, -0.2) is 4.79 Å². The predicted octanol–water partition coefficient (Wildman–Crippen LogP) is 6.59. The topological polar surface area (TPSA) is 72.4 Å². The Hall–Kier alpha value is -3.57. The fourth-order valence-corrected chi connectivity index (χ4v) is 5.07. The molecule has 4 aromatic rings. The number of nitrogens with zero attached hydrogens (tertiary/aromatic N) is 1. The van der Waals surface area contributed by atoms with E-state index in [-0.39, 0.29) is 22.5 Å². The zero-order valence-electron chi connectivity index (χ0n) is 19.2. The van der Waals surface area contributed by atoms with Gasteiger partial charge in [0.2, 0.25) is 0 Å². The molecule has 2 heterocycles. The third-order valence-electron chi connectivity index (χ3n) is 6.27. The number of aromatic nitrogens is 1. The van der Waals surface area contributed by atoms with Crippen LogP contribution in [0.2, 0.25) is 5.02 Å². The summed E-state index contributed by atoms with van der Waals surface area (Å²) >= 11 is 6.18. The van der Waals surface area contributed by atoms with Gasteiger partial charge in [-0.1, -0.05) is 55.8 Å². The molecule has 0 unspecified atom stereocenters. The van der Waals surface area contributed by atoms with Crippen LogP contribution in [0.25, 0.3) is 28.1 Å². The summed E-state index contributed by atoms with van der Waals surface area (Å²) in [5.74, 6) is 0.0242. The van der Waals surface area contributed by atoms with E-state index in [9.17, 15) is 14.7 Å². The summed E-state index contributed by atoms with van der Waals surface area (Å²) in [5, 5.41) is 11.5. The molecule has 0 fully saturated rings. The number of aryl methyl sites for hydroxylation is 1. The van der Waals surface area contributed by atoms with Gasteiger partial charge < -0.3 is 14.1 Å². The van der Waals surface area contributed by atoms with Crippen LogP contribution in [0.15, 0.2) is 69.9 Å². The van der Waals surface area contributed by atoms with Crippen molar-refractivity contribution < 1.29 is 14.3 Å². The number of ketones is 1. The van der Waals surface area contributed by atoms with Gasteiger partial charge in [0.25, 0.3) is 0 Å². The Labute approximate surface area is 202 Å². The molecule has 5 rings (SSSR count). The normalized spacial score (nSPS) is 14.8. The lowest BCUT2D eigenvalue weighted by atomic mass is 9.75. The number of aromatic hydroxyl groups is 1. The summed E-state index contributed by atoms with van der Waals surface area (Å²) in [6.45, 7) is 5.73. The van der Waals surface area contributed by atoms with E-state index in [1.807, 2.05) is 47.0 Å². The molecular formula is C28H24ClNO4. The molecule has 1 N–H and O–H groups in total. The average molecular weight is 474 g/mol. The van der Waals surface area contributed by atoms with Gasteiger partial charge in [-0.05, 0) is 48.6 Å². The van der Waals surface area contributed by atoms with Crippen molar-refractivity contribution in [3.63, 3.8) is 0 Å². The molecule has 2 aromatic heterocycles. The van der Waals surface area contributed by atoms with Crippen molar-refractivity contribution >= 4 is 17.4 Å². The minimum absolute atomic E-state index is 0.00136. The van der Waals surface area contributed by atoms with Gasteiger partial charge in [0.15, 0.2) is 5.78 Å². The smallest absolute Gasteiger partial charge is 0.347 e. The maximum absolute atomic E-state index is 13.6. The highest BCUT2D eigenvalue weighted by Crippen LogP contribution is 2.48. The lowest BCUT2D eigenvalue weighted by Crippen LogP contribution is -2.28. The fraction of sp³-hybridized carbons (Fsp3) is 0.214. The first-order valence-electron chi connectivity index (χ1n) is 11.1. The molecule has 6 heteroatoms. The SMILES string of the molecule is Cc1cc(O)c(-c2c3c(n(-c4ccc(Cl)cc4)c2-c2ccccc2)CC(C)(C)CC3=O)c(=O)o1. The molecule has 0 spiro atoms. The van der Waals surface area contributed by atoms with Gasteiger partial charge in [-0.2, -0.15) is 0 Å². The van der Waals surface area contributed by atoms with Gasteiger partial charge in [0.05, 0.1) is 5.69 Å². The van der Waals surface area contributed by atoms with Gasteiger partial charge in [0.1, 0.15) is 17.1 Å². The number of hydrogen-bond acceptors (Lipinski definition) is 4. The van der Waals surface area contributed by atoms with E-state index in [1.165, 1.54) is 6.07 Å². The molecule has 0 saturated carbocycles. The molecule has 0 aliphatic heterocycles. The molecule has 5 nitrogen and oxygen atoms in total. The van der Waals surface area contributed by atoms with Gasteiger partial charge >= 0.3 is 5.63 Å². The van der Waals surface area contributed by atoms with Crippen LogP contribution in [0.5, 0.6) is 5.75 Å². The second-order valence-corrected chi connectivity index (χ2v) is 10.0. The number of carbonyl (C=O) groups is 1. The number of rotatable bonds is 3. The summed E-state index contributed by atoms with van der Waals surface area (Å²) in [4.78, 5) is 26.7. The number of benzene rings is 2. The molecule has 34 heavy (non-hydrogen) atoms. The van der Waals surface area contributed by atoms with Crippen molar-refractivity contribution in [1.82, 2.24) is 4.57 Å². The molecule has 0 saturated heterocycles. The Morgan fingerprint density at radius 2 is 1.62 bits per heavy atom. The molecular weight excluding hydrogens is 450 g/mol. The molecule has 1 aliphatic rings. The summed E-state index contributed by atoms with van der Waals surface area (Å²) in [7, 11) is 0. The summed E-state index contributed by atoms with van der Waals surface area (Å²) in [5.41, 5.74) is 3.01. The van der Waals surface area contributed by atoms with E-state index >= 15 is 0 Å². The van der Waals surface area contributed by atoms with E-state index in [4.69, 9.17) is 16.0 Å². The first-order valence-corrected chi connectivity index (χ1v) is 11.5. The van der Waals surface area contributed by atoms with Crippen LogP contribution in [0.4, 0.5) is 0 Å². The van der Waals surface area contributed by atoms with Crippen LogP contribution in [0.1, 0.15) is 42.1 Å². The molecule has 0 bridgehead atoms. The van der Waals surface area contributed by atoms with Gasteiger partial charge in [-0.15, -0.1) is 0 Å². The Balaban J connectivity index is 1.99. The molecule has 2 aromatic carbocycles. The minimum Gasteiger partial charge on any atom is -0.507 e. The van der Waals surface area contributed by atoms with Crippen LogP contribution in [-0.4, -0.2) is 15.5 Å². The fourth-order valence-electron chi connectivity index (χ4n) is 4.94. The third kappa shape index (κ3) is 3.66. The zero-order chi connectivity index (χ0) is 24.2. The monoisotopic (exact) mass is 473 g/mol. The molecule has 0 radical (unpaired) electrons. The second kappa shape index (κ2) is 8.03. The van der Waals surface area contributed by atoms with Crippen LogP contribution in [-0.2, 0) is 6.42 Å². The maximum atomic E-state index is 13.6. The summed E-state index contributed by atoms with van der Waals surface area (Å²) < 4.78 is 7.40. The Morgan fingerprint density at radius 3 is 2.26 bits per heavy atom. The summed E-state index contributed by atoms with van der Waals surface area (Å²) in [6.07, 6.45) is 0.957. The zero-order valence-corrected chi connectivity index (χ0v) is 19.9. The highest BCUT2D eigenvalue weighted by Gasteiger charge is 2.40. The van der Waals surface area contributed by atoms with E-state index < -0.39 is 5.63 Å². The Morgan fingerprint density at radius 1 is 0.941 bits per heavy atom. The quantitative estimate of drug-likeness (QED) is 0.364. The van der Waals surface area contributed by atoms with Crippen molar-refractivity contribution in [2.45, 2.75) is 33.6 Å². The number of hydrogen-bond donors (Lipinski definition) is 1. The van der Waals surface area contributed by atoms with Crippen LogP contribution < -0.4 is 5.63 Å². The first kappa shape index (κ1) is 22.2. The number of halogens is 1. The van der Waals surface area contributed by atoms with Crippen molar-refractivity contribution in [3.8, 4) is 33.8 Å². The number of carbonyl (C=O) groups excluding carboxylic acids is 1. The van der Waals surface area contributed by atoms with Crippen molar-refractivity contribution in [2.24, 2.45) is 5.41 Å². The lowest BCUT2D eigenvalue weighted by molar-refractivity contribution is 0.0911. The molecule has 0 atom stereocenters. The standard InChI is InChI=1S/C28H24ClNO4/c1-16-13-21(31)24(27(33)34-16)25-23-20(14-28(2,3)15-22(23)32)30(19-11-9-18(29)10-12-19)26(25)17-7-5-4-6-8-17/h4-13,31H,14-15H2,1-3H3. The van der Waals surface area contributed by atoms with Crippen molar-refractivity contribution in [1.29, 1.82) is 0 Å². The highest BCUT2D eigenvalue weighted by atomic mass is 35.5. The predicted molar refractivity (Wildman–Crippen MR) is 133 cm³/mol. The first-order chi connectivity index (χ1) is 16.2.